The molecule has 0 radical (unpaired) electrons. The molecule has 1 fully saturated rings. The first-order valence-corrected chi connectivity index (χ1v) is 5.85. The number of aliphatic hydroxyl groups is 1. The summed E-state index contributed by atoms with van der Waals surface area (Å²) >= 11 is 0. The number of piperidine rings is 1. The molecule has 17 heavy (non-hydrogen) atoms. The Balaban J connectivity index is 2.19. The number of carboxylic acids is 1. The number of benzene rings is 1. The van der Waals surface area contributed by atoms with Gasteiger partial charge in [-0.05, 0) is 43.5 Å². The SMILES string of the molecule is Cc1cc(C(=O)O)ccc1N1CCC(O)CC1. The third-order valence-electron chi connectivity index (χ3n) is 3.25. The number of carboxylic acid groups (broad SMARTS) is 1. The number of carbonyl (C=O) groups is 1. The minimum absolute atomic E-state index is 0.190. The highest BCUT2D eigenvalue weighted by atomic mass is 16.4. The van der Waals surface area contributed by atoms with Crippen LogP contribution < -0.4 is 4.90 Å². The van der Waals surface area contributed by atoms with Crippen molar-refractivity contribution in [2.45, 2.75) is 25.9 Å². The monoisotopic (exact) mass is 235 g/mol. The largest absolute Gasteiger partial charge is 0.478 e. The van der Waals surface area contributed by atoms with Crippen LogP contribution in [0.4, 0.5) is 5.69 Å². The van der Waals surface area contributed by atoms with Gasteiger partial charge in [-0.2, -0.15) is 0 Å². The molecule has 1 heterocycles. The van der Waals surface area contributed by atoms with Crippen LogP contribution >= 0.6 is 0 Å². The summed E-state index contributed by atoms with van der Waals surface area (Å²) in [4.78, 5) is 13.0. The van der Waals surface area contributed by atoms with E-state index in [0.29, 0.717) is 5.56 Å². The summed E-state index contributed by atoms with van der Waals surface area (Å²) in [5.41, 5.74) is 2.37. The minimum Gasteiger partial charge on any atom is -0.478 e. The Hall–Kier alpha value is -1.55. The van der Waals surface area contributed by atoms with Crippen LogP contribution in [0.2, 0.25) is 0 Å². The van der Waals surface area contributed by atoms with E-state index in [1.807, 2.05) is 13.0 Å². The first-order chi connectivity index (χ1) is 8.08. The topological polar surface area (TPSA) is 60.8 Å². The maximum absolute atomic E-state index is 10.8. The molecule has 1 aliphatic heterocycles. The summed E-state index contributed by atoms with van der Waals surface area (Å²) in [6.45, 7) is 3.58. The Morgan fingerprint density at radius 2 is 2.00 bits per heavy atom. The highest BCUT2D eigenvalue weighted by molar-refractivity contribution is 5.88. The van der Waals surface area contributed by atoms with Crippen LogP contribution in [0.5, 0.6) is 0 Å². The fraction of sp³-hybridized carbons (Fsp3) is 0.462. The van der Waals surface area contributed by atoms with Gasteiger partial charge < -0.3 is 15.1 Å². The number of hydrogen-bond acceptors (Lipinski definition) is 3. The van der Waals surface area contributed by atoms with Crippen molar-refractivity contribution in [3.05, 3.63) is 29.3 Å². The molecule has 0 aliphatic carbocycles. The maximum atomic E-state index is 10.8. The van der Waals surface area contributed by atoms with E-state index in [1.54, 1.807) is 12.1 Å². The second-order valence-corrected chi connectivity index (χ2v) is 4.52. The van der Waals surface area contributed by atoms with Crippen LogP contribution in [-0.4, -0.2) is 35.4 Å². The van der Waals surface area contributed by atoms with Gasteiger partial charge in [-0.15, -0.1) is 0 Å². The quantitative estimate of drug-likeness (QED) is 0.818. The number of anilines is 1. The lowest BCUT2D eigenvalue weighted by molar-refractivity contribution is 0.0697. The van der Waals surface area contributed by atoms with E-state index in [1.165, 1.54) is 0 Å². The lowest BCUT2D eigenvalue weighted by atomic mass is 10.0. The van der Waals surface area contributed by atoms with Crippen LogP contribution in [0.25, 0.3) is 0 Å². The number of aliphatic hydroxyl groups excluding tert-OH is 1. The van der Waals surface area contributed by atoms with Gasteiger partial charge in [0.15, 0.2) is 0 Å². The lowest BCUT2D eigenvalue weighted by Crippen LogP contribution is -2.36. The van der Waals surface area contributed by atoms with Gasteiger partial charge in [-0.1, -0.05) is 0 Å². The molecular formula is C13H17NO3. The van der Waals surface area contributed by atoms with Crippen molar-refractivity contribution < 1.29 is 15.0 Å². The zero-order valence-electron chi connectivity index (χ0n) is 9.89. The number of aromatic carboxylic acids is 1. The van der Waals surface area contributed by atoms with E-state index in [-0.39, 0.29) is 6.10 Å². The van der Waals surface area contributed by atoms with E-state index in [0.717, 1.165) is 37.2 Å². The Kier molecular flexibility index (Phi) is 3.33. The lowest BCUT2D eigenvalue weighted by Gasteiger charge is -2.32. The molecule has 1 saturated heterocycles. The van der Waals surface area contributed by atoms with Gasteiger partial charge in [0.1, 0.15) is 0 Å². The predicted molar refractivity (Wildman–Crippen MR) is 65.6 cm³/mol. The van der Waals surface area contributed by atoms with Gasteiger partial charge in [0.25, 0.3) is 0 Å². The third-order valence-corrected chi connectivity index (χ3v) is 3.25. The summed E-state index contributed by atoms with van der Waals surface area (Å²) in [5, 5.41) is 18.4. The summed E-state index contributed by atoms with van der Waals surface area (Å²) in [5.74, 6) is -0.895. The molecule has 0 aromatic heterocycles. The summed E-state index contributed by atoms with van der Waals surface area (Å²) in [7, 11) is 0. The van der Waals surface area contributed by atoms with Crippen LogP contribution in [0, 0.1) is 6.92 Å². The van der Waals surface area contributed by atoms with E-state index in [2.05, 4.69) is 4.90 Å². The van der Waals surface area contributed by atoms with E-state index in [4.69, 9.17) is 5.11 Å². The molecule has 0 amide bonds. The fourth-order valence-corrected chi connectivity index (χ4v) is 2.25. The average Bonchev–Trinajstić information content (AvgIpc) is 2.30. The van der Waals surface area contributed by atoms with E-state index in [9.17, 15) is 9.90 Å². The fourth-order valence-electron chi connectivity index (χ4n) is 2.25. The van der Waals surface area contributed by atoms with Gasteiger partial charge in [0.05, 0.1) is 11.7 Å². The van der Waals surface area contributed by atoms with Gasteiger partial charge in [0, 0.05) is 18.8 Å². The molecule has 1 aromatic carbocycles. The predicted octanol–water partition coefficient (Wildman–Crippen LogP) is 1.65. The molecule has 4 heteroatoms. The Morgan fingerprint density at radius 3 is 2.53 bits per heavy atom. The average molecular weight is 235 g/mol. The maximum Gasteiger partial charge on any atom is 0.335 e. The first-order valence-electron chi connectivity index (χ1n) is 5.85. The van der Waals surface area contributed by atoms with Crippen LogP contribution in [0.3, 0.4) is 0 Å². The van der Waals surface area contributed by atoms with Gasteiger partial charge in [-0.25, -0.2) is 4.79 Å². The number of hydrogen-bond donors (Lipinski definition) is 2. The molecule has 92 valence electrons. The highest BCUT2D eigenvalue weighted by Gasteiger charge is 2.18. The zero-order chi connectivity index (χ0) is 12.4. The van der Waals surface area contributed by atoms with Crippen molar-refractivity contribution in [2.24, 2.45) is 0 Å². The van der Waals surface area contributed by atoms with Crippen molar-refractivity contribution in [3.63, 3.8) is 0 Å². The number of nitrogens with zero attached hydrogens (tertiary/aromatic N) is 1. The van der Waals surface area contributed by atoms with E-state index >= 15 is 0 Å². The second kappa shape index (κ2) is 4.75. The molecule has 2 rings (SSSR count). The minimum atomic E-state index is -0.895. The molecule has 0 atom stereocenters. The van der Waals surface area contributed by atoms with Gasteiger partial charge >= 0.3 is 5.97 Å². The van der Waals surface area contributed by atoms with Crippen molar-refractivity contribution in [3.8, 4) is 0 Å². The zero-order valence-corrected chi connectivity index (χ0v) is 9.89. The highest BCUT2D eigenvalue weighted by Crippen LogP contribution is 2.24. The van der Waals surface area contributed by atoms with Crippen LogP contribution in [-0.2, 0) is 0 Å². The molecule has 1 aromatic rings. The summed E-state index contributed by atoms with van der Waals surface area (Å²) in [6.07, 6.45) is 1.37. The number of rotatable bonds is 2. The molecule has 2 N–H and O–H groups in total. The van der Waals surface area contributed by atoms with Crippen molar-refractivity contribution in [2.75, 3.05) is 18.0 Å². The first kappa shape index (κ1) is 11.9. The summed E-state index contributed by atoms with van der Waals surface area (Å²) < 4.78 is 0. The number of aryl methyl sites for hydroxylation is 1. The Morgan fingerprint density at radius 1 is 1.35 bits per heavy atom. The molecular weight excluding hydrogens is 218 g/mol. The van der Waals surface area contributed by atoms with Crippen molar-refractivity contribution in [1.29, 1.82) is 0 Å². The third kappa shape index (κ3) is 2.58. The van der Waals surface area contributed by atoms with Crippen molar-refractivity contribution in [1.82, 2.24) is 0 Å². The second-order valence-electron chi connectivity index (χ2n) is 4.52. The van der Waals surface area contributed by atoms with E-state index < -0.39 is 5.97 Å². The van der Waals surface area contributed by atoms with Gasteiger partial charge in [0.2, 0.25) is 0 Å². The van der Waals surface area contributed by atoms with Crippen LogP contribution in [0.15, 0.2) is 18.2 Å². The Labute approximate surface area is 100 Å². The smallest absolute Gasteiger partial charge is 0.335 e. The molecule has 0 bridgehead atoms. The standard InChI is InChI=1S/C13H17NO3/c1-9-8-10(13(16)17)2-3-12(9)14-6-4-11(15)5-7-14/h2-3,8,11,15H,4-7H2,1H3,(H,16,17). The molecule has 4 nitrogen and oxygen atoms in total. The van der Waals surface area contributed by atoms with Gasteiger partial charge in [-0.3, -0.25) is 0 Å². The molecule has 1 aliphatic rings. The molecule has 0 unspecified atom stereocenters. The van der Waals surface area contributed by atoms with Crippen molar-refractivity contribution >= 4 is 11.7 Å². The molecule has 0 spiro atoms. The molecule has 0 saturated carbocycles. The summed E-state index contributed by atoms with van der Waals surface area (Å²) in [6, 6.07) is 5.19. The normalized spacial score (nSPS) is 17.2. The Bertz CT molecular complexity index is 423. The van der Waals surface area contributed by atoms with Crippen LogP contribution in [0.1, 0.15) is 28.8 Å².